The van der Waals surface area contributed by atoms with E-state index in [9.17, 15) is 0 Å². The Kier molecular flexibility index (Phi) is 12.8. The van der Waals surface area contributed by atoms with Crippen molar-refractivity contribution in [3.8, 4) is 0 Å². The van der Waals surface area contributed by atoms with Gasteiger partial charge in [-0.2, -0.15) is 0 Å². The maximum Gasteiger partial charge on any atom is 0.668 e. The van der Waals surface area contributed by atoms with Gasteiger partial charge in [-0.1, -0.05) is 0 Å². The summed E-state index contributed by atoms with van der Waals surface area (Å²) in [5.41, 5.74) is 0. The molecule has 7 heavy (non-hydrogen) atoms. The summed E-state index contributed by atoms with van der Waals surface area (Å²) in [6.45, 7) is 0. The quantitative estimate of drug-likeness (QED) is 0.378. The molecule has 0 aliphatic carbocycles. The molecule has 0 fully saturated rings. The second-order valence-corrected chi connectivity index (χ2v) is 1.80. The molecule has 1 radical (unpaired) electrons. The summed E-state index contributed by atoms with van der Waals surface area (Å²) < 4.78 is 0. The smallest absolute Gasteiger partial charge is 0.368 e. The Morgan fingerprint density at radius 1 is 0.857 bits per heavy atom. The third-order valence-corrected chi connectivity index (χ3v) is 0. The van der Waals surface area contributed by atoms with Gasteiger partial charge >= 0.3 is 9.05 Å². The molecule has 0 spiro atoms. The SMILES string of the molecule is Cl.O[Si](O)(O)O.[La]. The molecule has 0 rings (SSSR count). The third-order valence-electron chi connectivity index (χ3n) is 0. The number of hydrogen-bond acceptors (Lipinski definition) is 4. The van der Waals surface area contributed by atoms with E-state index in [1.165, 1.54) is 0 Å². The van der Waals surface area contributed by atoms with E-state index in [4.69, 9.17) is 19.2 Å². The zero-order valence-electron chi connectivity index (χ0n) is 3.27. The maximum absolute atomic E-state index is 7.33. The van der Waals surface area contributed by atoms with Crippen LogP contribution in [0.5, 0.6) is 0 Å². The second-order valence-electron chi connectivity index (χ2n) is 0.600. The van der Waals surface area contributed by atoms with Crippen LogP contribution in [-0.2, 0) is 0 Å². The minimum Gasteiger partial charge on any atom is -0.368 e. The molecule has 0 aliphatic rings. The molecular weight excluding hydrogens is 266 g/mol. The average molecular weight is 271 g/mol. The Labute approximate surface area is 75.7 Å². The summed E-state index contributed by atoms with van der Waals surface area (Å²) in [5, 5.41) is 0. The van der Waals surface area contributed by atoms with E-state index in [2.05, 4.69) is 0 Å². The van der Waals surface area contributed by atoms with E-state index in [0.29, 0.717) is 0 Å². The van der Waals surface area contributed by atoms with E-state index in [-0.39, 0.29) is 48.0 Å². The van der Waals surface area contributed by atoms with Crippen molar-refractivity contribution in [2.24, 2.45) is 0 Å². The van der Waals surface area contributed by atoms with E-state index in [1.54, 1.807) is 0 Å². The van der Waals surface area contributed by atoms with Crippen molar-refractivity contribution in [2.45, 2.75) is 0 Å². The molecule has 0 amide bonds. The Balaban J connectivity index is -0.0000000800. The zero-order valence-corrected chi connectivity index (χ0v) is 8.72. The van der Waals surface area contributed by atoms with Crippen LogP contribution in [0.2, 0.25) is 0 Å². The van der Waals surface area contributed by atoms with Gasteiger partial charge in [-0.3, -0.25) is 0 Å². The molecular formula is H5ClLaO4Si. The molecule has 43 valence electrons. The van der Waals surface area contributed by atoms with Crippen LogP contribution in [0.15, 0.2) is 0 Å². The van der Waals surface area contributed by atoms with Crippen LogP contribution in [-0.4, -0.2) is 28.2 Å². The molecule has 0 atom stereocenters. The van der Waals surface area contributed by atoms with Crippen LogP contribution in [0.1, 0.15) is 0 Å². The van der Waals surface area contributed by atoms with Gasteiger partial charge in [0.1, 0.15) is 0 Å². The normalized spacial score (nSPS) is 8.57. The first kappa shape index (κ1) is 15.8. The van der Waals surface area contributed by atoms with E-state index in [1.807, 2.05) is 0 Å². The number of hydrogen-bond donors (Lipinski definition) is 4. The maximum atomic E-state index is 7.33. The van der Waals surface area contributed by atoms with E-state index >= 15 is 0 Å². The molecule has 0 saturated heterocycles. The van der Waals surface area contributed by atoms with Gasteiger partial charge in [0.15, 0.2) is 0 Å². The topological polar surface area (TPSA) is 80.9 Å². The predicted octanol–water partition coefficient (Wildman–Crippen LogP) is -2.19. The van der Waals surface area contributed by atoms with Gasteiger partial charge in [-0.25, -0.2) is 0 Å². The summed E-state index contributed by atoms with van der Waals surface area (Å²) in [6.07, 6.45) is 0. The fourth-order valence-corrected chi connectivity index (χ4v) is 0. The summed E-state index contributed by atoms with van der Waals surface area (Å²) in [5.74, 6) is 0. The fourth-order valence-electron chi connectivity index (χ4n) is 0. The summed E-state index contributed by atoms with van der Waals surface area (Å²) in [6, 6.07) is 0. The van der Waals surface area contributed by atoms with Crippen LogP contribution >= 0.6 is 12.4 Å². The first-order chi connectivity index (χ1) is 2.00. The summed E-state index contributed by atoms with van der Waals surface area (Å²) >= 11 is 0. The molecule has 0 saturated carbocycles. The number of rotatable bonds is 0. The summed E-state index contributed by atoms with van der Waals surface area (Å²) in [7, 11) is -4.61. The van der Waals surface area contributed by atoms with Crippen molar-refractivity contribution in [1.29, 1.82) is 0 Å². The Bertz CT molecular complexity index is 27.2. The van der Waals surface area contributed by atoms with Gasteiger partial charge in [0.25, 0.3) is 0 Å². The molecule has 0 unspecified atom stereocenters. The monoisotopic (exact) mass is 271 g/mol. The van der Waals surface area contributed by atoms with Crippen LogP contribution in [0, 0.1) is 35.6 Å². The minimum atomic E-state index is -4.61. The first-order valence-electron chi connectivity index (χ1n) is 0.894. The van der Waals surface area contributed by atoms with Crippen LogP contribution in [0.25, 0.3) is 0 Å². The third kappa shape index (κ3) is 97.4. The van der Waals surface area contributed by atoms with E-state index in [0.717, 1.165) is 0 Å². The van der Waals surface area contributed by atoms with Gasteiger partial charge in [0.05, 0.1) is 0 Å². The average Bonchev–Trinajstić information content (AvgIpc) is 0.722. The zero-order chi connectivity index (χ0) is 4.50. The van der Waals surface area contributed by atoms with Crippen molar-refractivity contribution in [3.05, 3.63) is 0 Å². The van der Waals surface area contributed by atoms with Crippen LogP contribution < -0.4 is 0 Å². The van der Waals surface area contributed by atoms with Crippen LogP contribution in [0.4, 0.5) is 0 Å². The van der Waals surface area contributed by atoms with Crippen molar-refractivity contribution >= 4 is 21.5 Å². The molecule has 0 aromatic heterocycles. The van der Waals surface area contributed by atoms with E-state index < -0.39 is 9.05 Å². The van der Waals surface area contributed by atoms with Gasteiger partial charge in [0.2, 0.25) is 0 Å². The molecule has 0 bridgehead atoms. The Hall–Kier alpha value is 1.54. The van der Waals surface area contributed by atoms with Crippen molar-refractivity contribution in [2.75, 3.05) is 0 Å². The van der Waals surface area contributed by atoms with Gasteiger partial charge < -0.3 is 19.2 Å². The standard InChI is InChI=1S/ClH.La.H4O4Si/c;;1-5(2,3)4/h1H;;1-4H. The largest absolute Gasteiger partial charge is 0.668 e. The van der Waals surface area contributed by atoms with Gasteiger partial charge in [-0.15, -0.1) is 12.4 Å². The van der Waals surface area contributed by atoms with Crippen LogP contribution in [0.3, 0.4) is 0 Å². The molecule has 0 aliphatic heterocycles. The van der Waals surface area contributed by atoms with Crippen molar-refractivity contribution < 1.29 is 54.8 Å². The molecule has 0 aromatic rings. The molecule has 4 N–H and O–H groups in total. The Morgan fingerprint density at radius 3 is 0.857 bits per heavy atom. The molecule has 4 nitrogen and oxygen atoms in total. The van der Waals surface area contributed by atoms with Crippen molar-refractivity contribution in [1.82, 2.24) is 0 Å². The molecule has 0 aromatic carbocycles. The molecule has 7 heteroatoms. The molecule has 0 heterocycles. The minimum absolute atomic E-state index is 0. The number of halogens is 1. The second kappa shape index (κ2) is 5.67. The Morgan fingerprint density at radius 2 is 0.857 bits per heavy atom. The first-order valence-corrected chi connectivity index (χ1v) is 2.68. The van der Waals surface area contributed by atoms with Crippen molar-refractivity contribution in [3.63, 3.8) is 0 Å². The predicted molar refractivity (Wildman–Crippen MR) is 21.9 cm³/mol. The summed E-state index contributed by atoms with van der Waals surface area (Å²) in [4.78, 5) is 29.3. The van der Waals surface area contributed by atoms with Gasteiger partial charge in [-0.05, 0) is 0 Å². The fraction of sp³-hybridized carbons (Fsp3) is 0. The van der Waals surface area contributed by atoms with Gasteiger partial charge in [0, 0.05) is 35.6 Å².